The zero-order chi connectivity index (χ0) is 9.14. The molecule has 0 aliphatic heterocycles. The van der Waals surface area contributed by atoms with Crippen molar-refractivity contribution in [3.63, 3.8) is 0 Å². The first-order valence-corrected chi connectivity index (χ1v) is 4.00. The number of hydrogen-bond acceptors (Lipinski definition) is 1. The molecule has 0 aromatic heterocycles. The summed E-state index contributed by atoms with van der Waals surface area (Å²) in [6.07, 6.45) is 1.01. The van der Waals surface area contributed by atoms with Crippen LogP contribution < -0.4 is 0 Å². The van der Waals surface area contributed by atoms with Crippen LogP contribution in [0.3, 0.4) is 0 Å². The third-order valence-corrected chi connectivity index (χ3v) is 1.87. The number of aryl methyl sites for hydroxylation is 1. The number of hydrogen-bond donors (Lipinski definition) is 0. The number of halogens is 2. The van der Waals surface area contributed by atoms with Gasteiger partial charge in [-0.25, -0.2) is 4.39 Å². The van der Waals surface area contributed by atoms with E-state index in [1.54, 1.807) is 0 Å². The van der Waals surface area contributed by atoms with Crippen LogP contribution in [-0.4, -0.2) is 6.29 Å². The Labute approximate surface area is 75.2 Å². The minimum absolute atomic E-state index is 0.0272. The highest BCUT2D eigenvalue weighted by Gasteiger charge is 2.07. The highest BCUT2D eigenvalue weighted by atomic mass is 35.5. The molecule has 1 nitrogen and oxygen atoms in total. The third kappa shape index (κ3) is 1.64. The third-order valence-electron chi connectivity index (χ3n) is 1.65. The van der Waals surface area contributed by atoms with Gasteiger partial charge in [-0.15, -0.1) is 0 Å². The predicted octanol–water partition coefficient (Wildman–Crippen LogP) is 2.85. The fraction of sp³-hybridized carbons (Fsp3) is 0.222. The summed E-state index contributed by atoms with van der Waals surface area (Å²) in [5.74, 6) is -0.461. The lowest BCUT2D eigenvalue weighted by Gasteiger charge is -2.02. The Kier molecular flexibility index (Phi) is 2.82. The summed E-state index contributed by atoms with van der Waals surface area (Å²) in [7, 11) is 0. The molecule has 0 spiro atoms. The Morgan fingerprint density at radius 2 is 2.25 bits per heavy atom. The van der Waals surface area contributed by atoms with Gasteiger partial charge in [-0.1, -0.05) is 18.5 Å². The molecule has 0 radical (unpaired) electrons. The molecule has 64 valence electrons. The molecule has 0 atom stereocenters. The fourth-order valence-electron chi connectivity index (χ4n) is 1.01. The normalized spacial score (nSPS) is 9.92. The van der Waals surface area contributed by atoms with Crippen LogP contribution >= 0.6 is 11.6 Å². The van der Waals surface area contributed by atoms with Crippen molar-refractivity contribution < 1.29 is 9.18 Å². The quantitative estimate of drug-likeness (QED) is 0.650. The first kappa shape index (κ1) is 9.20. The summed E-state index contributed by atoms with van der Waals surface area (Å²) in [5.41, 5.74) is 0.504. The highest BCUT2D eigenvalue weighted by Crippen LogP contribution is 2.18. The second-order valence-electron chi connectivity index (χ2n) is 2.44. The van der Waals surface area contributed by atoms with Crippen LogP contribution in [0.25, 0.3) is 0 Å². The van der Waals surface area contributed by atoms with Gasteiger partial charge in [0, 0.05) is 5.02 Å². The van der Waals surface area contributed by atoms with Crippen molar-refractivity contribution in [1.82, 2.24) is 0 Å². The van der Waals surface area contributed by atoms with Crippen molar-refractivity contribution in [1.29, 1.82) is 0 Å². The Balaban J connectivity index is 3.31. The molecule has 1 aromatic rings. The molecular weight excluding hydrogens is 179 g/mol. The van der Waals surface area contributed by atoms with Gasteiger partial charge in [-0.2, -0.15) is 0 Å². The van der Waals surface area contributed by atoms with Crippen molar-refractivity contribution >= 4 is 17.9 Å². The number of carbonyl (C=O) groups excluding carboxylic acids is 1. The van der Waals surface area contributed by atoms with Crippen LogP contribution in [-0.2, 0) is 6.42 Å². The summed E-state index contributed by atoms with van der Waals surface area (Å²) >= 11 is 5.65. The zero-order valence-electron chi connectivity index (χ0n) is 6.60. The predicted molar refractivity (Wildman–Crippen MR) is 46.2 cm³/mol. The molecule has 0 saturated carbocycles. The Bertz CT molecular complexity index is 310. The Hall–Kier alpha value is -0.890. The van der Waals surface area contributed by atoms with Crippen LogP contribution in [0.15, 0.2) is 12.1 Å². The van der Waals surface area contributed by atoms with E-state index < -0.39 is 5.82 Å². The van der Waals surface area contributed by atoms with Crippen molar-refractivity contribution in [3.8, 4) is 0 Å². The molecule has 0 aliphatic rings. The number of rotatable bonds is 2. The van der Waals surface area contributed by atoms with Gasteiger partial charge in [0.2, 0.25) is 0 Å². The summed E-state index contributed by atoms with van der Waals surface area (Å²) < 4.78 is 13.2. The van der Waals surface area contributed by atoms with Crippen molar-refractivity contribution in [2.75, 3.05) is 0 Å². The molecule has 0 fully saturated rings. The number of aldehydes is 1. The van der Waals surface area contributed by atoms with Gasteiger partial charge in [0.05, 0.1) is 5.56 Å². The van der Waals surface area contributed by atoms with Crippen LogP contribution in [0, 0.1) is 5.82 Å². The van der Waals surface area contributed by atoms with Crippen LogP contribution in [0.1, 0.15) is 22.8 Å². The van der Waals surface area contributed by atoms with Crippen LogP contribution in [0.2, 0.25) is 5.02 Å². The fourth-order valence-corrected chi connectivity index (χ4v) is 1.26. The van der Waals surface area contributed by atoms with Gasteiger partial charge in [0.1, 0.15) is 5.82 Å². The minimum Gasteiger partial charge on any atom is -0.298 e. The molecule has 1 rings (SSSR count). The average molecular weight is 187 g/mol. The topological polar surface area (TPSA) is 17.1 Å². The summed E-state index contributed by atoms with van der Waals surface area (Å²) in [6, 6.07) is 2.85. The SMILES string of the molecule is CCc1cc(Cl)cc(C=O)c1F. The molecule has 3 heteroatoms. The molecule has 12 heavy (non-hydrogen) atoms. The van der Waals surface area contributed by atoms with Crippen molar-refractivity contribution in [2.24, 2.45) is 0 Å². The lowest BCUT2D eigenvalue weighted by atomic mass is 10.1. The van der Waals surface area contributed by atoms with E-state index in [0.717, 1.165) is 0 Å². The van der Waals surface area contributed by atoms with Gasteiger partial charge in [-0.05, 0) is 24.1 Å². The standard InChI is InChI=1S/C9H8ClFO/c1-2-6-3-8(10)4-7(5-12)9(6)11/h3-5H,2H2,1H3. The lowest BCUT2D eigenvalue weighted by molar-refractivity contribution is 0.111. The Morgan fingerprint density at radius 3 is 2.75 bits per heavy atom. The van der Waals surface area contributed by atoms with Crippen LogP contribution in [0.4, 0.5) is 4.39 Å². The Morgan fingerprint density at radius 1 is 1.58 bits per heavy atom. The second kappa shape index (κ2) is 3.68. The van der Waals surface area contributed by atoms with Crippen LogP contribution in [0.5, 0.6) is 0 Å². The molecule has 0 N–H and O–H groups in total. The van der Waals surface area contributed by atoms with Gasteiger partial charge >= 0.3 is 0 Å². The first-order chi connectivity index (χ1) is 5.69. The maximum absolute atomic E-state index is 13.2. The van der Waals surface area contributed by atoms with E-state index in [2.05, 4.69) is 0 Å². The van der Waals surface area contributed by atoms with E-state index in [-0.39, 0.29) is 5.56 Å². The van der Waals surface area contributed by atoms with Gasteiger partial charge < -0.3 is 0 Å². The van der Waals surface area contributed by atoms with E-state index in [1.165, 1.54) is 12.1 Å². The zero-order valence-corrected chi connectivity index (χ0v) is 7.36. The number of carbonyl (C=O) groups is 1. The summed E-state index contributed by atoms with van der Waals surface area (Å²) in [4.78, 5) is 10.3. The van der Waals surface area contributed by atoms with Gasteiger partial charge in [-0.3, -0.25) is 4.79 Å². The van der Waals surface area contributed by atoms with E-state index in [9.17, 15) is 9.18 Å². The average Bonchev–Trinajstić information content (AvgIpc) is 2.08. The van der Waals surface area contributed by atoms with Crippen molar-refractivity contribution in [3.05, 3.63) is 34.1 Å². The molecular formula is C9H8ClFO. The van der Waals surface area contributed by atoms with Gasteiger partial charge in [0.15, 0.2) is 6.29 Å². The molecule has 0 bridgehead atoms. The van der Waals surface area contributed by atoms with E-state index >= 15 is 0 Å². The van der Waals surface area contributed by atoms with Gasteiger partial charge in [0.25, 0.3) is 0 Å². The maximum Gasteiger partial charge on any atom is 0.153 e. The van der Waals surface area contributed by atoms with E-state index in [0.29, 0.717) is 23.3 Å². The number of benzene rings is 1. The molecule has 1 aromatic carbocycles. The summed E-state index contributed by atoms with van der Waals surface area (Å²) in [5, 5.41) is 0.398. The monoisotopic (exact) mass is 186 g/mol. The largest absolute Gasteiger partial charge is 0.298 e. The van der Waals surface area contributed by atoms with E-state index in [1.807, 2.05) is 6.92 Å². The van der Waals surface area contributed by atoms with E-state index in [4.69, 9.17) is 11.6 Å². The smallest absolute Gasteiger partial charge is 0.153 e. The molecule has 0 heterocycles. The second-order valence-corrected chi connectivity index (χ2v) is 2.88. The highest BCUT2D eigenvalue weighted by molar-refractivity contribution is 6.30. The molecule has 0 aliphatic carbocycles. The molecule has 0 amide bonds. The van der Waals surface area contributed by atoms with Crippen molar-refractivity contribution in [2.45, 2.75) is 13.3 Å². The first-order valence-electron chi connectivity index (χ1n) is 3.62. The molecule has 0 unspecified atom stereocenters. The lowest BCUT2D eigenvalue weighted by Crippen LogP contribution is -1.94. The maximum atomic E-state index is 13.2. The minimum atomic E-state index is -0.461. The summed E-state index contributed by atoms with van der Waals surface area (Å²) in [6.45, 7) is 1.81. The molecule has 0 saturated heterocycles.